The molecule has 1 aliphatic heterocycles. The summed E-state index contributed by atoms with van der Waals surface area (Å²) >= 11 is 0. The van der Waals surface area contributed by atoms with Crippen LogP contribution in [-0.4, -0.2) is 55.7 Å². The summed E-state index contributed by atoms with van der Waals surface area (Å²) in [6.07, 6.45) is 8.35. The van der Waals surface area contributed by atoms with Gasteiger partial charge in [0.25, 0.3) is 0 Å². The largest absolute Gasteiger partial charge is 0.329 e. The predicted octanol–water partition coefficient (Wildman–Crippen LogP) is 1.04. The minimum atomic E-state index is 0.492. The SMILES string of the molecule is CN1CCN(NC(CN)C2CCCCCC2)CC1. The van der Waals surface area contributed by atoms with Crippen LogP contribution in [0.5, 0.6) is 0 Å². The number of likely N-dealkylation sites (N-methyl/N-ethyl adjacent to an activating group) is 1. The summed E-state index contributed by atoms with van der Waals surface area (Å²) < 4.78 is 0. The van der Waals surface area contributed by atoms with E-state index in [-0.39, 0.29) is 0 Å². The van der Waals surface area contributed by atoms with Gasteiger partial charge in [-0.2, -0.15) is 0 Å². The Kier molecular flexibility index (Phi) is 5.89. The fourth-order valence-electron chi connectivity index (χ4n) is 3.23. The normalized spacial score (nSPS) is 27.0. The third kappa shape index (κ3) is 4.19. The van der Waals surface area contributed by atoms with Gasteiger partial charge in [0.2, 0.25) is 0 Å². The second-order valence-electron chi connectivity index (χ2n) is 6.01. The van der Waals surface area contributed by atoms with Crippen molar-refractivity contribution >= 4 is 0 Å². The van der Waals surface area contributed by atoms with Crippen molar-refractivity contribution < 1.29 is 0 Å². The summed E-state index contributed by atoms with van der Waals surface area (Å²) in [6, 6.07) is 0.492. The zero-order chi connectivity index (χ0) is 12.8. The molecule has 1 saturated carbocycles. The molecule has 1 unspecified atom stereocenters. The molecule has 0 aromatic rings. The van der Waals surface area contributed by atoms with Crippen molar-refractivity contribution in [1.82, 2.24) is 15.3 Å². The van der Waals surface area contributed by atoms with E-state index in [1.807, 2.05) is 0 Å². The van der Waals surface area contributed by atoms with E-state index in [1.54, 1.807) is 0 Å². The summed E-state index contributed by atoms with van der Waals surface area (Å²) in [4.78, 5) is 2.39. The van der Waals surface area contributed by atoms with Crippen LogP contribution in [-0.2, 0) is 0 Å². The molecule has 0 radical (unpaired) electrons. The number of hydrogen-bond donors (Lipinski definition) is 2. The Hall–Kier alpha value is -0.160. The van der Waals surface area contributed by atoms with Crippen LogP contribution in [0.4, 0.5) is 0 Å². The van der Waals surface area contributed by atoms with Crippen LogP contribution < -0.4 is 11.2 Å². The highest BCUT2D eigenvalue weighted by Crippen LogP contribution is 2.25. The molecular weight excluding hydrogens is 224 g/mol. The van der Waals surface area contributed by atoms with Crippen LogP contribution in [0, 0.1) is 5.92 Å². The molecular formula is C14H30N4. The van der Waals surface area contributed by atoms with Crippen molar-refractivity contribution in [2.24, 2.45) is 11.7 Å². The van der Waals surface area contributed by atoms with E-state index in [0.29, 0.717) is 6.04 Å². The van der Waals surface area contributed by atoms with E-state index in [2.05, 4.69) is 22.4 Å². The molecule has 2 rings (SSSR count). The fraction of sp³-hybridized carbons (Fsp3) is 1.00. The molecule has 4 heteroatoms. The predicted molar refractivity (Wildman–Crippen MR) is 76.2 cm³/mol. The van der Waals surface area contributed by atoms with Crippen molar-refractivity contribution in [3.8, 4) is 0 Å². The Morgan fingerprint density at radius 1 is 1.06 bits per heavy atom. The van der Waals surface area contributed by atoms with Crippen molar-refractivity contribution in [1.29, 1.82) is 0 Å². The topological polar surface area (TPSA) is 44.5 Å². The zero-order valence-electron chi connectivity index (χ0n) is 11.9. The van der Waals surface area contributed by atoms with E-state index in [9.17, 15) is 0 Å². The van der Waals surface area contributed by atoms with E-state index in [1.165, 1.54) is 38.5 Å². The number of nitrogens with one attached hydrogen (secondary N) is 1. The van der Waals surface area contributed by atoms with E-state index >= 15 is 0 Å². The molecule has 2 fully saturated rings. The van der Waals surface area contributed by atoms with Crippen LogP contribution in [0.2, 0.25) is 0 Å². The summed E-state index contributed by atoms with van der Waals surface area (Å²) in [6.45, 7) is 5.35. The average molecular weight is 254 g/mol. The maximum atomic E-state index is 6.00. The molecule has 0 amide bonds. The molecule has 0 bridgehead atoms. The molecule has 1 saturated heterocycles. The second kappa shape index (κ2) is 7.43. The van der Waals surface area contributed by atoms with Crippen LogP contribution in [0.3, 0.4) is 0 Å². The Morgan fingerprint density at radius 3 is 2.22 bits per heavy atom. The van der Waals surface area contributed by atoms with Crippen molar-refractivity contribution in [2.75, 3.05) is 39.8 Å². The lowest BCUT2D eigenvalue weighted by atomic mass is 9.92. The van der Waals surface area contributed by atoms with Gasteiger partial charge >= 0.3 is 0 Å². The van der Waals surface area contributed by atoms with Gasteiger partial charge in [0.15, 0.2) is 0 Å². The van der Waals surface area contributed by atoms with Gasteiger partial charge in [0.1, 0.15) is 0 Å². The average Bonchev–Trinajstić information content (AvgIpc) is 2.67. The van der Waals surface area contributed by atoms with Gasteiger partial charge in [-0.15, -0.1) is 0 Å². The summed E-state index contributed by atoms with van der Waals surface area (Å²) in [7, 11) is 2.20. The van der Waals surface area contributed by atoms with Crippen LogP contribution in [0.25, 0.3) is 0 Å². The summed E-state index contributed by atoms with van der Waals surface area (Å²) in [5.41, 5.74) is 9.70. The minimum absolute atomic E-state index is 0.492. The fourth-order valence-corrected chi connectivity index (χ4v) is 3.23. The van der Waals surface area contributed by atoms with Crippen LogP contribution in [0.1, 0.15) is 38.5 Å². The van der Waals surface area contributed by atoms with Crippen molar-refractivity contribution in [2.45, 2.75) is 44.6 Å². The van der Waals surface area contributed by atoms with E-state index in [4.69, 9.17) is 5.73 Å². The molecule has 1 aliphatic carbocycles. The second-order valence-corrected chi connectivity index (χ2v) is 6.01. The maximum absolute atomic E-state index is 6.00. The van der Waals surface area contributed by atoms with Gasteiger partial charge in [-0.3, -0.25) is 5.43 Å². The maximum Gasteiger partial charge on any atom is 0.0366 e. The molecule has 2 aliphatic rings. The molecule has 18 heavy (non-hydrogen) atoms. The molecule has 0 aromatic heterocycles. The van der Waals surface area contributed by atoms with Gasteiger partial charge in [-0.1, -0.05) is 25.7 Å². The first-order chi connectivity index (χ1) is 8.79. The number of rotatable bonds is 4. The lowest BCUT2D eigenvalue weighted by molar-refractivity contribution is 0.0724. The zero-order valence-corrected chi connectivity index (χ0v) is 11.9. The van der Waals surface area contributed by atoms with Gasteiger partial charge in [0, 0.05) is 38.8 Å². The minimum Gasteiger partial charge on any atom is -0.329 e. The van der Waals surface area contributed by atoms with Crippen molar-refractivity contribution in [3.63, 3.8) is 0 Å². The number of piperazine rings is 1. The molecule has 3 N–H and O–H groups in total. The summed E-state index contributed by atoms with van der Waals surface area (Å²) in [5, 5.41) is 2.39. The number of nitrogens with zero attached hydrogens (tertiary/aromatic N) is 2. The van der Waals surface area contributed by atoms with Gasteiger partial charge in [-0.05, 0) is 25.8 Å². The van der Waals surface area contributed by atoms with E-state index < -0.39 is 0 Å². The first-order valence-electron chi connectivity index (χ1n) is 7.69. The third-order valence-corrected chi connectivity index (χ3v) is 4.57. The van der Waals surface area contributed by atoms with Crippen LogP contribution in [0.15, 0.2) is 0 Å². The number of hydrogen-bond acceptors (Lipinski definition) is 4. The third-order valence-electron chi connectivity index (χ3n) is 4.57. The van der Waals surface area contributed by atoms with Crippen molar-refractivity contribution in [3.05, 3.63) is 0 Å². The van der Waals surface area contributed by atoms with Crippen LogP contribution >= 0.6 is 0 Å². The highest BCUT2D eigenvalue weighted by Gasteiger charge is 2.24. The molecule has 4 nitrogen and oxygen atoms in total. The highest BCUT2D eigenvalue weighted by atomic mass is 15.5. The first-order valence-corrected chi connectivity index (χ1v) is 7.69. The Bertz CT molecular complexity index is 218. The molecule has 1 atom stereocenters. The van der Waals surface area contributed by atoms with Gasteiger partial charge in [0.05, 0.1) is 0 Å². The Balaban J connectivity index is 1.80. The van der Waals surface area contributed by atoms with Gasteiger partial charge < -0.3 is 10.6 Å². The Labute approximate surface area is 112 Å². The van der Waals surface area contributed by atoms with Gasteiger partial charge in [-0.25, -0.2) is 5.01 Å². The molecule has 106 valence electrons. The lowest BCUT2D eigenvalue weighted by Crippen LogP contribution is -2.57. The first kappa shape index (κ1) is 14.3. The standard InChI is InChI=1S/C14H30N4/c1-17-8-10-18(11-9-17)16-14(12-15)13-6-4-2-3-5-7-13/h13-14,16H,2-12,15H2,1H3. The number of nitrogens with two attached hydrogens (primary N) is 1. The molecule has 0 aromatic carbocycles. The monoisotopic (exact) mass is 254 g/mol. The smallest absolute Gasteiger partial charge is 0.0366 e. The molecule has 0 spiro atoms. The molecule has 1 heterocycles. The Morgan fingerprint density at radius 2 is 1.67 bits per heavy atom. The van der Waals surface area contributed by atoms with E-state index in [0.717, 1.165) is 38.6 Å². The lowest BCUT2D eigenvalue weighted by Gasteiger charge is -2.37. The summed E-state index contributed by atoms with van der Waals surface area (Å²) in [5.74, 6) is 0.789. The quantitative estimate of drug-likeness (QED) is 0.736. The highest BCUT2D eigenvalue weighted by molar-refractivity contribution is 4.80. The number of hydrazine groups is 1.